The van der Waals surface area contributed by atoms with E-state index in [1.807, 2.05) is 17.5 Å². The Kier molecular flexibility index (Phi) is 3.66. The Hall–Kier alpha value is -1.55. The summed E-state index contributed by atoms with van der Waals surface area (Å²) in [4.78, 5) is 17.0. The maximum Gasteiger partial charge on any atom is 0.270 e. The summed E-state index contributed by atoms with van der Waals surface area (Å²) in [5.74, 6) is -0.0245. The molecule has 0 spiro atoms. The molecule has 1 amide bonds. The van der Waals surface area contributed by atoms with Crippen LogP contribution in [0.1, 0.15) is 48.8 Å². The lowest BCUT2D eigenvalue weighted by Crippen LogP contribution is -2.33. The first kappa shape index (κ1) is 13.4. The van der Waals surface area contributed by atoms with Crippen molar-refractivity contribution in [3.05, 3.63) is 34.7 Å². The van der Waals surface area contributed by atoms with Crippen LogP contribution in [-0.2, 0) is 6.42 Å². The Morgan fingerprint density at radius 1 is 1.50 bits per heavy atom. The number of carbonyl (C=O) groups excluding carboxylic acids is 1. The maximum absolute atomic E-state index is 12.5. The number of imidazole rings is 1. The van der Waals surface area contributed by atoms with Gasteiger partial charge < -0.3 is 5.32 Å². The summed E-state index contributed by atoms with van der Waals surface area (Å²) in [6, 6.07) is 3.87. The van der Waals surface area contributed by atoms with Crippen molar-refractivity contribution in [1.82, 2.24) is 14.7 Å². The van der Waals surface area contributed by atoms with Gasteiger partial charge in [0.15, 0.2) is 0 Å². The van der Waals surface area contributed by atoms with E-state index in [1.54, 1.807) is 12.1 Å². The fraction of sp³-hybridized carbons (Fsp3) is 0.467. The Morgan fingerprint density at radius 2 is 2.25 bits per heavy atom. The third-order valence-corrected chi connectivity index (χ3v) is 4.14. The highest BCUT2D eigenvalue weighted by Crippen LogP contribution is 2.20. The molecule has 106 valence electrons. The van der Waals surface area contributed by atoms with Crippen LogP contribution >= 0.6 is 11.6 Å². The molecular formula is C15H18ClN3O. The normalized spacial score (nSPS) is 15.9. The number of hydrogen-bond acceptors (Lipinski definition) is 2. The van der Waals surface area contributed by atoms with E-state index in [-0.39, 0.29) is 5.91 Å². The number of nitrogens with zero attached hydrogens (tertiary/aromatic N) is 2. The topological polar surface area (TPSA) is 46.4 Å². The molecule has 20 heavy (non-hydrogen) atoms. The van der Waals surface area contributed by atoms with Crippen molar-refractivity contribution >= 4 is 23.2 Å². The maximum atomic E-state index is 12.5. The van der Waals surface area contributed by atoms with Gasteiger partial charge in [-0.15, -0.1) is 0 Å². The zero-order chi connectivity index (χ0) is 14.1. The van der Waals surface area contributed by atoms with Crippen LogP contribution in [-0.4, -0.2) is 21.3 Å². The lowest BCUT2D eigenvalue weighted by atomic mass is 10.2. The minimum Gasteiger partial charge on any atom is -0.348 e. The van der Waals surface area contributed by atoms with Crippen molar-refractivity contribution in [1.29, 1.82) is 0 Å². The number of aryl methyl sites for hydroxylation is 1. The van der Waals surface area contributed by atoms with Gasteiger partial charge >= 0.3 is 0 Å². The summed E-state index contributed by atoms with van der Waals surface area (Å²) in [6.45, 7) is 2.01. The molecule has 5 heteroatoms. The van der Waals surface area contributed by atoms with Gasteiger partial charge in [0, 0.05) is 23.3 Å². The molecule has 0 unspecified atom stereocenters. The minimum absolute atomic E-state index is 0.0245. The van der Waals surface area contributed by atoms with Gasteiger partial charge in [0.2, 0.25) is 0 Å². The van der Waals surface area contributed by atoms with E-state index in [2.05, 4.69) is 10.3 Å². The van der Waals surface area contributed by atoms with Crippen LogP contribution in [0.4, 0.5) is 0 Å². The van der Waals surface area contributed by atoms with Gasteiger partial charge in [-0.05, 0) is 25.3 Å². The highest BCUT2D eigenvalue weighted by molar-refractivity contribution is 6.30. The van der Waals surface area contributed by atoms with Gasteiger partial charge in [-0.25, -0.2) is 4.98 Å². The molecule has 3 rings (SSSR count). The fourth-order valence-electron chi connectivity index (χ4n) is 2.88. The number of halogens is 1. The van der Waals surface area contributed by atoms with E-state index < -0.39 is 0 Å². The second-order valence-electron chi connectivity index (χ2n) is 5.29. The molecule has 0 atom stereocenters. The lowest BCUT2D eigenvalue weighted by Gasteiger charge is -2.12. The predicted molar refractivity (Wildman–Crippen MR) is 79.3 cm³/mol. The number of nitrogens with one attached hydrogen (secondary N) is 1. The third kappa shape index (κ3) is 2.40. The number of fused-ring (bicyclic) bond motifs is 1. The highest BCUT2D eigenvalue weighted by atomic mass is 35.5. The van der Waals surface area contributed by atoms with E-state index in [0.717, 1.165) is 30.6 Å². The second-order valence-corrected chi connectivity index (χ2v) is 5.73. The Bertz CT molecular complexity index is 644. The van der Waals surface area contributed by atoms with Gasteiger partial charge in [0.05, 0.1) is 5.69 Å². The first-order valence-electron chi connectivity index (χ1n) is 7.16. The molecule has 1 aliphatic rings. The first-order valence-corrected chi connectivity index (χ1v) is 7.54. The van der Waals surface area contributed by atoms with E-state index in [0.29, 0.717) is 16.8 Å². The zero-order valence-electron chi connectivity index (χ0n) is 11.5. The number of amides is 1. The van der Waals surface area contributed by atoms with Crippen LogP contribution in [0, 0.1) is 0 Å². The Balaban J connectivity index is 1.97. The van der Waals surface area contributed by atoms with Crippen LogP contribution in [0.2, 0.25) is 5.02 Å². The quantitative estimate of drug-likeness (QED) is 0.944. The number of pyridine rings is 1. The molecule has 1 aliphatic carbocycles. The van der Waals surface area contributed by atoms with Gasteiger partial charge in [-0.3, -0.25) is 9.20 Å². The van der Waals surface area contributed by atoms with Crippen molar-refractivity contribution in [2.45, 2.75) is 45.1 Å². The summed E-state index contributed by atoms with van der Waals surface area (Å²) < 4.78 is 1.83. The van der Waals surface area contributed by atoms with Crippen molar-refractivity contribution in [3.63, 3.8) is 0 Å². The number of rotatable bonds is 3. The van der Waals surface area contributed by atoms with Crippen molar-refractivity contribution in [2.75, 3.05) is 0 Å². The van der Waals surface area contributed by atoms with E-state index in [1.165, 1.54) is 12.8 Å². The molecule has 1 fully saturated rings. The molecular weight excluding hydrogens is 274 g/mol. The van der Waals surface area contributed by atoms with Crippen LogP contribution < -0.4 is 5.32 Å². The molecule has 2 aromatic rings. The molecule has 0 bridgehead atoms. The average Bonchev–Trinajstić information content (AvgIpc) is 3.04. The first-order chi connectivity index (χ1) is 9.69. The third-order valence-electron chi connectivity index (χ3n) is 3.90. The Labute approximate surface area is 123 Å². The van der Waals surface area contributed by atoms with Gasteiger partial charge in [-0.2, -0.15) is 0 Å². The van der Waals surface area contributed by atoms with E-state index >= 15 is 0 Å². The predicted octanol–water partition coefficient (Wildman–Crippen LogP) is 3.22. The summed E-state index contributed by atoms with van der Waals surface area (Å²) in [7, 11) is 0. The molecule has 0 aromatic carbocycles. The van der Waals surface area contributed by atoms with Crippen LogP contribution in [0.25, 0.3) is 5.65 Å². The molecule has 1 saturated carbocycles. The summed E-state index contributed by atoms with van der Waals surface area (Å²) in [6.07, 6.45) is 7.11. The van der Waals surface area contributed by atoms with E-state index in [9.17, 15) is 4.79 Å². The van der Waals surface area contributed by atoms with Crippen molar-refractivity contribution in [2.24, 2.45) is 0 Å². The monoisotopic (exact) mass is 291 g/mol. The summed E-state index contributed by atoms with van der Waals surface area (Å²) >= 11 is 5.99. The molecule has 0 radical (unpaired) electrons. The SMILES string of the molecule is CCc1nc2cc(Cl)ccn2c1C(=O)NC1CCCC1. The number of aromatic nitrogens is 2. The van der Waals surface area contributed by atoms with Gasteiger partial charge in [0.25, 0.3) is 5.91 Å². The summed E-state index contributed by atoms with van der Waals surface area (Å²) in [5.41, 5.74) is 2.19. The zero-order valence-corrected chi connectivity index (χ0v) is 12.3. The molecule has 0 aliphatic heterocycles. The largest absolute Gasteiger partial charge is 0.348 e. The fourth-order valence-corrected chi connectivity index (χ4v) is 3.03. The minimum atomic E-state index is -0.0245. The molecule has 0 saturated heterocycles. The van der Waals surface area contributed by atoms with E-state index in [4.69, 9.17) is 11.6 Å². The molecule has 4 nitrogen and oxygen atoms in total. The number of carbonyl (C=O) groups is 1. The highest BCUT2D eigenvalue weighted by Gasteiger charge is 2.22. The summed E-state index contributed by atoms with van der Waals surface area (Å²) in [5, 5.41) is 3.76. The molecule has 1 N–H and O–H groups in total. The standard InChI is InChI=1S/C15H18ClN3O/c1-2-12-14(15(20)17-11-5-3-4-6-11)19-8-7-10(16)9-13(19)18-12/h7-9,11H,2-6H2,1H3,(H,17,20). The lowest BCUT2D eigenvalue weighted by molar-refractivity contribution is 0.0931. The molecule has 2 heterocycles. The second kappa shape index (κ2) is 5.44. The van der Waals surface area contributed by atoms with Crippen LogP contribution in [0.3, 0.4) is 0 Å². The van der Waals surface area contributed by atoms with Crippen molar-refractivity contribution in [3.8, 4) is 0 Å². The van der Waals surface area contributed by atoms with Crippen LogP contribution in [0.5, 0.6) is 0 Å². The average molecular weight is 292 g/mol. The number of hydrogen-bond donors (Lipinski definition) is 1. The van der Waals surface area contributed by atoms with Gasteiger partial charge in [0.1, 0.15) is 11.3 Å². The van der Waals surface area contributed by atoms with Gasteiger partial charge in [-0.1, -0.05) is 31.4 Å². The van der Waals surface area contributed by atoms with Crippen molar-refractivity contribution < 1.29 is 4.79 Å². The molecule has 2 aromatic heterocycles. The van der Waals surface area contributed by atoms with Crippen LogP contribution in [0.15, 0.2) is 18.3 Å². The Morgan fingerprint density at radius 3 is 2.95 bits per heavy atom. The smallest absolute Gasteiger partial charge is 0.270 e.